The van der Waals surface area contributed by atoms with E-state index in [2.05, 4.69) is 26.0 Å². The summed E-state index contributed by atoms with van der Waals surface area (Å²) in [6.45, 7) is 0. The fourth-order valence-corrected chi connectivity index (χ4v) is 2.41. The number of hydrogen-bond acceptors (Lipinski definition) is 4. The highest BCUT2D eigenvalue weighted by Crippen LogP contribution is 2.31. The number of hydrogen-bond donors (Lipinski definition) is 1. The molecular weight excluding hydrogens is 334 g/mol. The summed E-state index contributed by atoms with van der Waals surface area (Å²) >= 11 is 3.43. The molecule has 0 fully saturated rings. The van der Waals surface area contributed by atoms with Crippen LogP contribution >= 0.6 is 15.9 Å². The van der Waals surface area contributed by atoms with Crippen LogP contribution in [0.1, 0.15) is 5.56 Å². The first-order valence-corrected chi connectivity index (χ1v) is 7.01. The molecule has 2 aromatic carbocycles. The lowest BCUT2D eigenvalue weighted by molar-refractivity contribution is 0.373. The fourth-order valence-electron chi connectivity index (χ4n) is 1.98. The average molecular weight is 346 g/mol. The van der Waals surface area contributed by atoms with Gasteiger partial charge in [-0.1, -0.05) is 12.1 Å². The number of benzene rings is 2. The van der Waals surface area contributed by atoms with Gasteiger partial charge in [-0.2, -0.15) is 5.10 Å². The van der Waals surface area contributed by atoms with Crippen molar-refractivity contribution in [3.05, 3.63) is 52.8 Å². The monoisotopic (exact) mass is 345 g/mol. The molecule has 1 heterocycles. The van der Waals surface area contributed by atoms with Gasteiger partial charge in [-0.05, 0) is 40.2 Å². The van der Waals surface area contributed by atoms with Crippen LogP contribution in [-0.4, -0.2) is 28.1 Å². The Hall–Kier alpha value is -2.34. The van der Waals surface area contributed by atoms with Crippen molar-refractivity contribution in [2.24, 2.45) is 5.10 Å². The Kier molecular flexibility index (Phi) is 3.62. The highest BCUT2D eigenvalue weighted by molar-refractivity contribution is 9.10. The van der Waals surface area contributed by atoms with E-state index >= 15 is 0 Å². The molecular formula is C15H12BrN3O2. The van der Waals surface area contributed by atoms with Gasteiger partial charge in [0.2, 0.25) is 0 Å². The van der Waals surface area contributed by atoms with Crippen LogP contribution in [0, 0.1) is 0 Å². The molecule has 106 valence electrons. The minimum atomic E-state index is 0.0673. The maximum Gasteiger partial charge on any atom is 0.161 e. The molecule has 3 aromatic rings. The van der Waals surface area contributed by atoms with Crippen molar-refractivity contribution >= 4 is 33.2 Å². The molecule has 0 saturated carbocycles. The van der Waals surface area contributed by atoms with E-state index in [0.717, 1.165) is 21.1 Å². The number of imidazole rings is 1. The molecule has 0 saturated heterocycles. The van der Waals surface area contributed by atoms with Crippen LogP contribution in [0.3, 0.4) is 0 Å². The lowest BCUT2D eigenvalue weighted by atomic mass is 10.2. The van der Waals surface area contributed by atoms with E-state index in [9.17, 15) is 5.11 Å². The van der Waals surface area contributed by atoms with Crippen LogP contribution in [0.15, 0.2) is 52.3 Å². The Labute approximate surface area is 129 Å². The quantitative estimate of drug-likeness (QED) is 0.740. The number of rotatable bonds is 3. The Bertz CT molecular complexity index is 827. The molecule has 0 unspecified atom stereocenters. The summed E-state index contributed by atoms with van der Waals surface area (Å²) < 4.78 is 7.52. The van der Waals surface area contributed by atoms with Gasteiger partial charge in [0.1, 0.15) is 6.33 Å². The topological polar surface area (TPSA) is 59.6 Å². The second kappa shape index (κ2) is 5.57. The molecule has 1 aromatic heterocycles. The summed E-state index contributed by atoms with van der Waals surface area (Å²) in [5, 5.41) is 14.2. The maximum atomic E-state index is 9.82. The highest BCUT2D eigenvalue weighted by Gasteiger charge is 2.07. The number of aromatic nitrogens is 2. The summed E-state index contributed by atoms with van der Waals surface area (Å²) in [6, 6.07) is 11.0. The third-order valence-corrected chi connectivity index (χ3v) is 3.74. The minimum Gasteiger partial charge on any atom is -0.504 e. The third kappa shape index (κ3) is 2.62. The fraction of sp³-hybridized carbons (Fsp3) is 0.0667. The summed E-state index contributed by atoms with van der Waals surface area (Å²) in [5.74, 6) is 0.477. The van der Waals surface area contributed by atoms with Crippen molar-refractivity contribution < 1.29 is 9.84 Å². The first-order valence-electron chi connectivity index (χ1n) is 6.22. The highest BCUT2D eigenvalue weighted by atomic mass is 79.9. The molecule has 0 aliphatic carbocycles. The smallest absolute Gasteiger partial charge is 0.161 e. The number of para-hydroxylation sites is 2. The van der Waals surface area contributed by atoms with Crippen LogP contribution in [0.2, 0.25) is 0 Å². The van der Waals surface area contributed by atoms with Gasteiger partial charge in [0, 0.05) is 10.0 Å². The van der Waals surface area contributed by atoms with E-state index < -0.39 is 0 Å². The molecule has 6 heteroatoms. The normalized spacial score (nSPS) is 11.3. The van der Waals surface area contributed by atoms with Crippen molar-refractivity contribution in [3.63, 3.8) is 0 Å². The number of fused-ring (bicyclic) bond motifs is 1. The van der Waals surface area contributed by atoms with Gasteiger partial charge in [-0.15, -0.1) is 0 Å². The van der Waals surface area contributed by atoms with Crippen molar-refractivity contribution in [2.75, 3.05) is 7.11 Å². The van der Waals surface area contributed by atoms with Gasteiger partial charge in [-0.25, -0.2) is 9.66 Å². The Balaban J connectivity index is 1.98. The first kappa shape index (κ1) is 13.6. The van der Waals surface area contributed by atoms with E-state index in [-0.39, 0.29) is 5.75 Å². The largest absolute Gasteiger partial charge is 0.504 e. The molecule has 0 radical (unpaired) electrons. The summed E-state index contributed by atoms with van der Waals surface area (Å²) in [5.41, 5.74) is 2.54. The van der Waals surface area contributed by atoms with E-state index in [4.69, 9.17) is 4.74 Å². The first-order chi connectivity index (χ1) is 10.2. The van der Waals surface area contributed by atoms with E-state index in [1.807, 2.05) is 24.3 Å². The standard InChI is InChI=1S/C15H12BrN3O2/c1-21-15-7-11(16)10(6-14(15)20)8-18-19-9-17-12-4-2-3-5-13(12)19/h2-9,20H,1H3/b18-8-. The van der Waals surface area contributed by atoms with E-state index in [0.29, 0.717) is 5.75 Å². The Morgan fingerprint density at radius 1 is 1.33 bits per heavy atom. The number of methoxy groups -OCH3 is 1. The number of halogens is 1. The van der Waals surface area contributed by atoms with Gasteiger partial charge in [-0.3, -0.25) is 0 Å². The number of nitrogens with zero attached hydrogens (tertiary/aromatic N) is 3. The third-order valence-electron chi connectivity index (χ3n) is 3.05. The van der Waals surface area contributed by atoms with Gasteiger partial charge in [0.25, 0.3) is 0 Å². The molecule has 3 rings (SSSR count). The molecule has 0 aliphatic rings. The van der Waals surface area contributed by atoms with Crippen LogP contribution in [0.5, 0.6) is 11.5 Å². The number of phenolic OH excluding ortho intramolecular Hbond substituents is 1. The zero-order chi connectivity index (χ0) is 14.8. The van der Waals surface area contributed by atoms with Crippen molar-refractivity contribution in [1.82, 2.24) is 9.66 Å². The predicted molar refractivity (Wildman–Crippen MR) is 85.1 cm³/mol. The summed E-state index contributed by atoms with van der Waals surface area (Å²) in [6.07, 6.45) is 3.30. The van der Waals surface area contributed by atoms with E-state index in [1.165, 1.54) is 7.11 Å². The molecule has 1 N–H and O–H groups in total. The van der Waals surface area contributed by atoms with Crippen LogP contribution in [-0.2, 0) is 0 Å². The Morgan fingerprint density at radius 2 is 2.14 bits per heavy atom. The molecule has 5 nitrogen and oxygen atoms in total. The molecule has 0 atom stereocenters. The van der Waals surface area contributed by atoms with Crippen molar-refractivity contribution in [2.45, 2.75) is 0 Å². The Morgan fingerprint density at radius 3 is 2.95 bits per heavy atom. The summed E-state index contributed by atoms with van der Waals surface area (Å²) in [7, 11) is 1.51. The summed E-state index contributed by atoms with van der Waals surface area (Å²) in [4.78, 5) is 4.27. The van der Waals surface area contributed by atoms with Crippen LogP contribution in [0.25, 0.3) is 11.0 Å². The second-order valence-electron chi connectivity index (χ2n) is 4.37. The van der Waals surface area contributed by atoms with Gasteiger partial charge in [0.05, 0.1) is 24.4 Å². The zero-order valence-electron chi connectivity index (χ0n) is 11.2. The molecule has 0 aliphatic heterocycles. The predicted octanol–water partition coefficient (Wildman–Crippen LogP) is 3.40. The van der Waals surface area contributed by atoms with Crippen LogP contribution < -0.4 is 4.74 Å². The minimum absolute atomic E-state index is 0.0673. The van der Waals surface area contributed by atoms with Crippen LogP contribution in [0.4, 0.5) is 0 Å². The lowest BCUT2D eigenvalue weighted by Crippen LogP contribution is -1.92. The van der Waals surface area contributed by atoms with Gasteiger partial charge in [0.15, 0.2) is 11.5 Å². The SMILES string of the molecule is COc1cc(Br)c(/C=N\n2cnc3ccccc32)cc1O. The lowest BCUT2D eigenvalue weighted by Gasteiger charge is -2.06. The molecule has 0 bridgehead atoms. The number of ether oxygens (including phenoxy) is 1. The van der Waals surface area contributed by atoms with Gasteiger partial charge >= 0.3 is 0 Å². The van der Waals surface area contributed by atoms with Gasteiger partial charge < -0.3 is 9.84 Å². The zero-order valence-corrected chi connectivity index (χ0v) is 12.8. The van der Waals surface area contributed by atoms with Crippen molar-refractivity contribution in [1.29, 1.82) is 0 Å². The number of phenols is 1. The maximum absolute atomic E-state index is 9.82. The molecule has 21 heavy (non-hydrogen) atoms. The average Bonchev–Trinajstić information content (AvgIpc) is 2.91. The van der Waals surface area contributed by atoms with E-state index in [1.54, 1.807) is 29.4 Å². The number of aromatic hydroxyl groups is 1. The molecule has 0 spiro atoms. The molecule has 0 amide bonds. The van der Waals surface area contributed by atoms with Crippen molar-refractivity contribution in [3.8, 4) is 11.5 Å². The second-order valence-corrected chi connectivity index (χ2v) is 5.22.